The molecular formula is C8H16O5. The maximum Gasteiger partial charge on any atom is 0.186 e. The summed E-state index contributed by atoms with van der Waals surface area (Å²) in [6.45, 7) is 1.82. The highest BCUT2D eigenvalue weighted by Gasteiger charge is 2.42. The molecule has 1 heterocycles. The third-order valence-corrected chi connectivity index (χ3v) is 2.30. The summed E-state index contributed by atoms with van der Waals surface area (Å²) in [5, 5.41) is 28.2. The minimum absolute atomic E-state index is 0.483. The number of hydrogen-bond acceptors (Lipinski definition) is 5. The van der Waals surface area contributed by atoms with E-state index in [1.165, 1.54) is 7.11 Å². The standard InChI is InChI=1S/C8H16O5/c1-3-4-5(9)6(10)7(11)8(12-2)13-4/h4-11H,3H2,1-2H3/t4-,5-,6+,7-,8+/m1/s1. The van der Waals surface area contributed by atoms with Crippen LogP contribution in [0.5, 0.6) is 0 Å². The molecule has 3 N–H and O–H groups in total. The molecule has 78 valence electrons. The zero-order valence-electron chi connectivity index (χ0n) is 7.75. The molecule has 0 aromatic heterocycles. The van der Waals surface area contributed by atoms with E-state index in [-0.39, 0.29) is 0 Å². The minimum atomic E-state index is -1.20. The predicted octanol–water partition coefficient (Wildman–Crippen LogP) is -1.15. The summed E-state index contributed by atoms with van der Waals surface area (Å²) in [6.07, 6.45) is -4.23. The highest BCUT2D eigenvalue weighted by Crippen LogP contribution is 2.23. The Hall–Kier alpha value is -0.200. The summed E-state index contributed by atoms with van der Waals surface area (Å²) in [4.78, 5) is 0. The van der Waals surface area contributed by atoms with Crippen molar-refractivity contribution in [3.05, 3.63) is 0 Å². The molecule has 5 heteroatoms. The fraction of sp³-hybridized carbons (Fsp3) is 1.00. The maximum atomic E-state index is 9.43. The molecule has 1 saturated heterocycles. The first-order valence-corrected chi connectivity index (χ1v) is 4.34. The molecule has 0 bridgehead atoms. The Morgan fingerprint density at radius 3 is 2.23 bits per heavy atom. The van der Waals surface area contributed by atoms with Crippen LogP contribution in [-0.2, 0) is 9.47 Å². The molecule has 1 rings (SSSR count). The molecule has 1 fully saturated rings. The number of methoxy groups -OCH3 is 1. The smallest absolute Gasteiger partial charge is 0.186 e. The van der Waals surface area contributed by atoms with Crippen LogP contribution in [0, 0.1) is 0 Å². The fourth-order valence-electron chi connectivity index (χ4n) is 1.45. The Kier molecular flexibility index (Phi) is 3.63. The van der Waals surface area contributed by atoms with Gasteiger partial charge in [-0.2, -0.15) is 0 Å². The van der Waals surface area contributed by atoms with E-state index in [4.69, 9.17) is 9.47 Å². The van der Waals surface area contributed by atoms with E-state index in [1.807, 2.05) is 6.92 Å². The van der Waals surface area contributed by atoms with Crippen molar-refractivity contribution in [3.63, 3.8) is 0 Å². The molecule has 13 heavy (non-hydrogen) atoms. The van der Waals surface area contributed by atoms with E-state index in [1.54, 1.807) is 0 Å². The first-order valence-electron chi connectivity index (χ1n) is 4.34. The van der Waals surface area contributed by atoms with Gasteiger partial charge in [0, 0.05) is 7.11 Å². The van der Waals surface area contributed by atoms with E-state index in [0.717, 1.165) is 0 Å². The van der Waals surface area contributed by atoms with Crippen LogP contribution >= 0.6 is 0 Å². The fourth-order valence-corrected chi connectivity index (χ4v) is 1.45. The molecule has 0 amide bonds. The summed E-state index contributed by atoms with van der Waals surface area (Å²) in [5.41, 5.74) is 0. The summed E-state index contributed by atoms with van der Waals surface area (Å²) >= 11 is 0. The molecular weight excluding hydrogens is 176 g/mol. The van der Waals surface area contributed by atoms with Crippen LogP contribution in [0.2, 0.25) is 0 Å². The second-order valence-electron chi connectivity index (χ2n) is 3.16. The molecule has 0 unspecified atom stereocenters. The van der Waals surface area contributed by atoms with E-state index in [9.17, 15) is 15.3 Å². The average molecular weight is 192 g/mol. The van der Waals surface area contributed by atoms with Crippen LogP contribution in [0.15, 0.2) is 0 Å². The molecule has 0 aliphatic carbocycles. The molecule has 0 spiro atoms. The van der Waals surface area contributed by atoms with Crippen LogP contribution in [0.4, 0.5) is 0 Å². The van der Waals surface area contributed by atoms with E-state index < -0.39 is 30.7 Å². The lowest BCUT2D eigenvalue weighted by Crippen LogP contribution is -2.57. The van der Waals surface area contributed by atoms with Crippen molar-refractivity contribution in [3.8, 4) is 0 Å². The Morgan fingerprint density at radius 2 is 1.77 bits per heavy atom. The van der Waals surface area contributed by atoms with E-state index >= 15 is 0 Å². The van der Waals surface area contributed by atoms with Crippen molar-refractivity contribution in [1.29, 1.82) is 0 Å². The molecule has 0 aromatic rings. The third kappa shape index (κ3) is 2.00. The van der Waals surface area contributed by atoms with Gasteiger partial charge < -0.3 is 24.8 Å². The first kappa shape index (κ1) is 10.9. The molecule has 1 aliphatic rings. The topological polar surface area (TPSA) is 79.2 Å². The van der Waals surface area contributed by atoms with Crippen LogP contribution in [0.1, 0.15) is 13.3 Å². The number of rotatable bonds is 2. The Bertz CT molecular complexity index is 143. The van der Waals surface area contributed by atoms with Crippen molar-refractivity contribution < 1.29 is 24.8 Å². The number of hydrogen-bond donors (Lipinski definition) is 3. The Balaban J connectivity index is 2.66. The van der Waals surface area contributed by atoms with Crippen molar-refractivity contribution in [1.82, 2.24) is 0 Å². The van der Waals surface area contributed by atoms with Crippen molar-refractivity contribution >= 4 is 0 Å². The van der Waals surface area contributed by atoms with Crippen molar-refractivity contribution in [2.75, 3.05) is 7.11 Å². The lowest BCUT2D eigenvalue weighted by atomic mass is 9.97. The van der Waals surface area contributed by atoms with Gasteiger partial charge in [0.25, 0.3) is 0 Å². The summed E-state index contributed by atoms with van der Waals surface area (Å²) in [5.74, 6) is 0. The van der Waals surface area contributed by atoms with Crippen LogP contribution in [0.3, 0.4) is 0 Å². The van der Waals surface area contributed by atoms with E-state index in [0.29, 0.717) is 6.42 Å². The zero-order valence-corrected chi connectivity index (χ0v) is 7.75. The van der Waals surface area contributed by atoms with Gasteiger partial charge in [0.05, 0.1) is 6.10 Å². The van der Waals surface area contributed by atoms with Gasteiger partial charge in [-0.15, -0.1) is 0 Å². The van der Waals surface area contributed by atoms with E-state index in [2.05, 4.69) is 0 Å². The quantitative estimate of drug-likeness (QED) is 0.515. The SMILES string of the molecule is CC[C@H]1O[C@H](OC)[C@H](O)[C@@H](O)[C@@H]1O. The summed E-state index contributed by atoms with van der Waals surface area (Å²) in [6, 6.07) is 0. The van der Waals surface area contributed by atoms with Gasteiger partial charge in [0.2, 0.25) is 0 Å². The number of aliphatic hydroxyl groups is 3. The lowest BCUT2D eigenvalue weighted by Gasteiger charge is -2.39. The maximum absolute atomic E-state index is 9.43. The largest absolute Gasteiger partial charge is 0.388 e. The first-order chi connectivity index (χ1) is 6.11. The molecule has 0 radical (unpaired) electrons. The van der Waals surface area contributed by atoms with Crippen LogP contribution in [-0.4, -0.2) is 53.1 Å². The second-order valence-corrected chi connectivity index (χ2v) is 3.16. The van der Waals surface area contributed by atoms with Gasteiger partial charge >= 0.3 is 0 Å². The lowest BCUT2D eigenvalue weighted by molar-refractivity contribution is -0.290. The second kappa shape index (κ2) is 4.34. The molecule has 5 atom stereocenters. The van der Waals surface area contributed by atoms with Crippen LogP contribution < -0.4 is 0 Å². The van der Waals surface area contributed by atoms with Gasteiger partial charge in [0.15, 0.2) is 6.29 Å². The van der Waals surface area contributed by atoms with Gasteiger partial charge in [-0.3, -0.25) is 0 Å². The van der Waals surface area contributed by atoms with Crippen LogP contribution in [0.25, 0.3) is 0 Å². The minimum Gasteiger partial charge on any atom is -0.388 e. The molecule has 5 nitrogen and oxygen atoms in total. The number of aliphatic hydroxyl groups excluding tert-OH is 3. The highest BCUT2D eigenvalue weighted by atomic mass is 16.7. The average Bonchev–Trinajstić information content (AvgIpc) is 2.15. The number of ether oxygens (including phenoxy) is 2. The molecule has 0 aromatic carbocycles. The van der Waals surface area contributed by atoms with Gasteiger partial charge in [-0.1, -0.05) is 6.92 Å². The summed E-state index contributed by atoms with van der Waals surface area (Å²) in [7, 11) is 1.38. The molecule has 1 aliphatic heterocycles. The summed E-state index contributed by atoms with van der Waals surface area (Å²) < 4.78 is 10.0. The van der Waals surface area contributed by atoms with Gasteiger partial charge in [-0.05, 0) is 6.42 Å². The normalized spacial score (nSPS) is 46.4. The monoisotopic (exact) mass is 192 g/mol. The van der Waals surface area contributed by atoms with Gasteiger partial charge in [-0.25, -0.2) is 0 Å². The third-order valence-electron chi connectivity index (χ3n) is 2.30. The van der Waals surface area contributed by atoms with Crippen molar-refractivity contribution in [2.24, 2.45) is 0 Å². The van der Waals surface area contributed by atoms with Gasteiger partial charge in [0.1, 0.15) is 18.3 Å². The van der Waals surface area contributed by atoms with Crippen molar-refractivity contribution in [2.45, 2.75) is 44.1 Å². The highest BCUT2D eigenvalue weighted by molar-refractivity contribution is 4.88. The zero-order chi connectivity index (χ0) is 10.0. The Morgan fingerprint density at radius 1 is 1.15 bits per heavy atom. The predicted molar refractivity (Wildman–Crippen MR) is 44.0 cm³/mol. The Labute approximate surface area is 76.9 Å². The molecule has 0 saturated carbocycles.